The largest absolute Gasteiger partial charge is 0.338 e. The molecular weight excluding hydrogens is 360 g/mol. The van der Waals surface area contributed by atoms with Gasteiger partial charge >= 0.3 is 0 Å². The number of nitrogens with zero attached hydrogens (tertiary/aromatic N) is 4. The standard InChI is InChI=1S/C23H28N6/c1-14-11-15-7-6-10-23(2,3)18(15)12-16(14)13-24-28-22-26-21-20(27-29-22)17-8-4-5-9-19(17)25-21/h4-5,7-9,13-14,16,18H,6,10-12H2,1-3H3,(H2,25,26,28,29)/b24-13-/t14-,16+,18+/m0/s1. The van der Waals surface area contributed by atoms with E-state index in [4.69, 9.17) is 0 Å². The van der Waals surface area contributed by atoms with Crippen molar-refractivity contribution in [1.29, 1.82) is 0 Å². The Morgan fingerprint density at radius 3 is 3.00 bits per heavy atom. The molecular formula is C23H28N6. The molecule has 6 nitrogen and oxygen atoms in total. The molecule has 0 unspecified atom stereocenters. The van der Waals surface area contributed by atoms with Crippen molar-refractivity contribution >= 4 is 34.2 Å². The molecule has 1 saturated carbocycles. The Hall–Kier alpha value is -2.76. The quantitative estimate of drug-likeness (QED) is 0.362. The van der Waals surface area contributed by atoms with Crippen LogP contribution in [0, 0.1) is 23.2 Å². The van der Waals surface area contributed by atoms with Gasteiger partial charge in [0.05, 0.1) is 0 Å². The lowest BCUT2D eigenvalue weighted by atomic mass is 9.59. The summed E-state index contributed by atoms with van der Waals surface area (Å²) in [5.74, 6) is 2.16. The van der Waals surface area contributed by atoms with Gasteiger partial charge in [-0.25, -0.2) is 5.43 Å². The lowest BCUT2D eigenvalue weighted by Gasteiger charge is -2.46. The van der Waals surface area contributed by atoms with Crippen LogP contribution in [0.15, 0.2) is 41.0 Å². The summed E-state index contributed by atoms with van der Waals surface area (Å²) in [5, 5.41) is 14.1. The predicted octanol–water partition coefficient (Wildman–Crippen LogP) is 5.31. The molecule has 2 heterocycles. The van der Waals surface area contributed by atoms with Crippen molar-refractivity contribution in [1.82, 2.24) is 20.2 Å². The molecule has 3 atom stereocenters. The van der Waals surface area contributed by atoms with Crippen molar-refractivity contribution in [3.63, 3.8) is 0 Å². The van der Waals surface area contributed by atoms with E-state index >= 15 is 0 Å². The van der Waals surface area contributed by atoms with Crippen molar-refractivity contribution in [3.05, 3.63) is 35.9 Å². The average molecular weight is 389 g/mol. The number of hydrazone groups is 1. The molecule has 0 spiro atoms. The first-order chi connectivity index (χ1) is 14.0. The first-order valence-electron chi connectivity index (χ1n) is 10.6. The maximum Gasteiger partial charge on any atom is 0.265 e. The van der Waals surface area contributed by atoms with Crippen LogP contribution in [0.5, 0.6) is 0 Å². The summed E-state index contributed by atoms with van der Waals surface area (Å²) < 4.78 is 0. The number of benzene rings is 1. The number of hydrogen-bond donors (Lipinski definition) is 2. The van der Waals surface area contributed by atoms with E-state index in [9.17, 15) is 0 Å². The fourth-order valence-corrected chi connectivity index (χ4v) is 5.14. The third kappa shape index (κ3) is 3.30. The van der Waals surface area contributed by atoms with E-state index in [1.165, 1.54) is 25.7 Å². The molecule has 2 aromatic heterocycles. The summed E-state index contributed by atoms with van der Waals surface area (Å²) in [7, 11) is 0. The fraction of sp³-hybridized carbons (Fsp3) is 0.478. The number of nitrogens with one attached hydrogen (secondary N) is 2. The second-order valence-electron chi connectivity index (χ2n) is 9.33. The monoisotopic (exact) mass is 388 g/mol. The van der Waals surface area contributed by atoms with Gasteiger partial charge in [-0.05, 0) is 54.9 Å². The molecule has 0 saturated heterocycles. The van der Waals surface area contributed by atoms with Crippen LogP contribution in [-0.4, -0.2) is 26.4 Å². The molecule has 6 heteroatoms. The number of hydrogen-bond acceptors (Lipinski definition) is 5. The van der Waals surface area contributed by atoms with Gasteiger partial charge in [0.15, 0.2) is 5.65 Å². The number of fused-ring (bicyclic) bond motifs is 4. The number of anilines is 1. The van der Waals surface area contributed by atoms with Crippen molar-refractivity contribution < 1.29 is 0 Å². The van der Waals surface area contributed by atoms with Gasteiger partial charge in [0.25, 0.3) is 5.95 Å². The van der Waals surface area contributed by atoms with Crippen molar-refractivity contribution in [2.75, 3.05) is 5.43 Å². The molecule has 1 aromatic carbocycles. The molecule has 1 fully saturated rings. The van der Waals surface area contributed by atoms with Crippen LogP contribution in [0.1, 0.15) is 46.5 Å². The van der Waals surface area contributed by atoms with Gasteiger partial charge in [0, 0.05) is 17.1 Å². The average Bonchev–Trinajstić information content (AvgIpc) is 3.06. The lowest BCUT2D eigenvalue weighted by Crippen LogP contribution is -2.36. The summed E-state index contributed by atoms with van der Waals surface area (Å²) in [6, 6.07) is 8.03. The van der Waals surface area contributed by atoms with Crippen LogP contribution in [0.2, 0.25) is 0 Å². The smallest absolute Gasteiger partial charge is 0.265 e. The van der Waals surface area contributed by atoms with Crippen LogP contribution in [0.25, 0.3) is 22.1 Å². The zero-order valence-corrected chi connectivity index (χ0v) is 17.3. The number of para-hydroxylation sites is 1. The number of rotatable bonds is 3. The molecule has 3 aromatic rings. The van der Waals surface area contributed by atoms with Crippen LogP contribution in [0.3, 0.4) is 0 Å². The number of aromatic amines is 1. The molecule has 2 N–H and O–H groups in total. The van der Waals surface area contributed by atoms with E-state index in [1.807, 2.05) is 24.3 Å². The Bertz CT molecular complexity index is 1110. The van der Waals surface area contributed by atoms with Crippen molar-refractivity contribution in [3.8, 4) is 0 Å². The van der Waals surface area contributed by atoms with E-state index in [-0.39, 0.29) is 0 Å². The Balaban J connectivity index is 1.32. The highest BCUT2D eigenvalue weighted by Gasteiger charge is 2.40. The maximum atomic E-state index is 4.54. The van der Waals surface area contributed by atoms with E-state index < -0.39 is 0 Å². The third-order valence-corrected chi connectivity index (χ3v) is 6.94. The number of aromatic nitrogens is 4. The second-order valence-corrected chi connectivity index (χ2v) is 9.33. The van der Waals surface area contributed by atoms with Crippen LogP contribution in [0.4, 0.5) is 5.95 Å². The van der Waals surface area contributed by atoms with Crippen molar-refractivity contribution in [2.24, 2.45) is 28.3 Å². The van der Waals surface area contributed by atoms with Crippen LogP contribution in [-0.2, 0) is 0 Å². The topological polar surface area (TPSA) is 78.8 Å². The van der Waals surface area contributed by atoms with Gasteiger partial charge in [-0.15, -0.1) is 10.2 Å². The van der Waals surface area contributed by atoms with E-state index in [0.717, 1.165) is 22.1 Å². The zero-order chi connectivity index (χ0) is 20.0. The molecule has 0 radical (unpaired) electrons. The normalized spacial score (nSPS) is 26.6. The van der Waals surface area contributed by atoms with Crippen LogP contribution < -0.4 is 5.43 Å². The van der Waals surface area contributed by atoms with Gasteiger partial charge in [-0.2, -0.15) is 10.1 Å². The third-order valence-electron chi connectivity index (χ3n) is 6.94. The molecule has 29 heavy (non-hydrogen) atoms. The summed E-state index contributed by atoms with van der Waals surface area (Å²) >= 11 is 0. The minimum atomic E-state index is 0.386. The summed E-state index contributed by atoms with van der Waals surface area (Å²) in [4.78, 5) is 7.83. The van der Waals surface area contributed by atoms with E-state index in [1.54, 1.807) is 5.57 Å². The SMILES string of the molecule is C[C@H]1CC2=CCCC(C)(C)[C@@H]2C[C@@H]1/C=N\Nc1nnc2c(n1)[nH]c1ccccc12. The molecule has 2 aliphatic carbocycles. The van der Waals surface area contributed by atoms with Gasteiger partial charge in [0.2, 0.25) is 0 Å². The second kappa shape index (κ2) is 6.94. The predicted molar refractivity (Wildman–Crippen MR) is 118 cm³/mol. The molecule has 150 valence electrons. The fourth-order valence-electron chi connectivity index (χ4n) is 5.14. The lowest BCUT2D eigenvalue weighted by molar-refractivity contribution is 0.149. The number of allylic oxidation sites excluding steroid dienone is 2. The van der Waals surface area contributed by atoms with Gasteiger partial charge in [-0.3, -0.25) is 0 Å². The molecule has 0 bridgehead atoms. The maximum absolute atomic E-state index is 4.54. The highest BCUT2D eigenvalue weighted by atomic mass is 15.4. The summed E-state index contributed by atoms with van der Waals surface area (Å²) in [6.45, 7) is 7.17. The molecule has 2 aliphatic rings. The van der Waals surface area contributed by atoms with Gasteiger partial charge in [0.1, 0.15) is 5.52 Å². The Kier molecular flexibility index (Phi) is 4.37. The molecule has 5 rings (SSSR count). The zero-order valence-electron chi connectivity index (χ0n) is 17.3. The minimum absolute atomic E-state index is 0.386. The summed E-state index contributed by atoms with van der Waals surface area (Å²) in [6.07, 6.45) is 9.42. The highest BCUT2D eigenvalue weighted by molar-refractivity contribution is 6.03. The molecule has 0 aliphatic heterocycles. The summed E-state index contributed by atoms with van der Waals surface area (Å²) in [5.41, 5.74) is 7.57. The van der Waals surface area contributed by atoms with E-state index in [0.29, 0.717) is 29.1 Å². The Labute approximate surface area is 170 Å². The van der Waals surface area contributed by atoms with Crippen molar-refractivity contribution in [2.45, 2.75) is 46.5 Å². The Morgan fingerprint density at radius 2 is 2.10 bits per heavy atom. The Morgan fingerprint density at radius 1 is 1.24 bits per heavy atom. The van der Waals surface area contributed by atoms with Gasteiger partial charge in [-0.1, -0.05) is 50.6 Å². The first-order valence-corrected chi connectivity index (χ1v) is 10.6. The first kappa shape index (κ1) is 18.3. The minimum Gasteiger partial charge on any atom is -0.338 e. The number of H-pyrrole nitrogens is 1. The molecule has 0 amide bonds. The highest BCUT2D eigenvalue weighted by Crippen LogP contribution is 2.50. The van der Waals surface area contributed by atoms with Crippen LogP contribution >= 0.6 is 0 Å². The van der Waals surface area contributed by atoms with E-state index in [2.05, 4.69) is 63.8 Å². The van der Waals surface area contributed by atoms with Gasteiger partial charge < -0.3 is 4.98 Å².